The highest BCUT2D eigenvalue weighted by molar-refractivity contribution is 8.00. The molecular weight excluding hydrogens is 434 g/mol. The lowest BCUT2D eigenvalue weighted by atomic mass is 10.1. The summed E-state index contributed by atoms with van der Waals surface area (Å²) in [7, 11) is 0. The van der Waals surface area contributed by atoms with Crippen molar-refractivity contribution in [3.63, 3.8) is 0 Å². The van der Waals surface area contributed by atoms with Crippen LogP contribution in [0.5, 0.6) is 0 Å². The highest BCUT2D eigenvalue weighted by Gasteiger charge is 2.31. The lowest BCUT2D eigenvalue weighted by Crippen LogP contribution is -2.49. The van der Waals surface area contributed by atoms with Crippen molar-refractivity contribution in [3.05, 3.63) is 59.9 Å². The summed E-state index contributed by atoms with van der Waals surface area (Å²) in [6.07, 6.45) is -4.39. The second kappa shape index (κ2) is 10.0. The van der Waals surface area contributed by atoms with Crippen LogP contribution < -0.4 is 10.2 Å². The van der Waals surface area contributed by atoms with Crippen molar-refractivity contribution >= 4 is 35.0 Å². The van der Waals surface area contributed by atoms with Crippen LogP contribution in [0.2, 0.25) is 0 Å². The van der Waals surface area contributed by atoms with Crippen LogP contribution >= 0.6 is 11.8 Å². The highest BCUT2D eigenvalue weighted by atomic mass is 32.2. The largest absolute Gasteiger partial charge is 0.416 e. The third-order valence-electron chi connectivity index (χ3n) is 4.76. The number of alkyl halides is 3. The summed E-state index contributed by atoms with van der Waals surface area (Å²) in [5.41, 5.74) is 0.261. The zero-order chi connectivity index (χ0) is 22.4. The fourth-order valence-corrected chi connectivity index (χ4v) is 3.86. The smallest absolute Gasteiger partial charge is 0.368 e. The number of nitrogens with one attached hydrogen (secondary N) is 1. The number of anilines is 2. The predicted molar refractivity (Wildman–Crippen MR) is 113 cm³/mol. The maximum Gasteiger partial charge on any atom is 0.416 e. The molecule has 0 atom stereocenters. The number of piperazine rings is 1. The Hall–Kier alpha value is -2.75. The number of carbonyl (C=O) groups is 2. The molecule has 2 aromatic rings. The fourth-order valence-electron chi connectivity index (χ4n) is 3.15. The topological polar surface area (TPSA) is 52.7 Å². The first-order valence-corrected chi connectivity index (χ1v) is 10.7. The summed E-state index contributed by atoms with van der Waals surface area (Å²) in [5, 5.41) is 2.62. The third-order valence-corrected chi connectivity index (χ3v) is 5.68. The van der Waals surface area contributed by atoms with E-state index in [2.05, 4.69) is 5.32 Å². The number of nitrogens with zero attached hydrogens (tertiary/aromatic N) is 2. The molecule has 3 rings (SSSR count). The van der Waals surface area contributed by atoms with Gasteiger partial charge in [0.2, 0.25) is 11.8 Å². The van der Waals surface area contributed by atoms with Crippen molar-refractivity contribution in [3.8, 4) is 0 Å². The normalized spacial score (nSPS) is 14.5. The van der Waals surface area contributed by atoms with Gasteiger partial charge in [0.1, 0.15) is 5.82 Å². The van der Waals surface area contributed by atoms with Gasteiger partial charge in [-0.1, -0.05) is 6.07 Å². The quantitative estimate of drug-likeness (QED) is 0.672. The summed E-state index contributed by atoms with van der Waals surface area (Å²) in [4.78, 5) is 27.8. The Balaban J connectivity index is 1.41. The van der Waals surface area contributed by atoms with Crippen molar-refractivity contribution < 1.29 is 27.2 Å². The molecule has 0 radical (unpaired) electrons. The van der Waals surface area contributed by atoms with Gasteiger partial charge in [-0.15, -0.1) is 11.8 Å². The number of hydrogen-bond donors (Lipinski definition) is 1. The lowest BCUT2D eigenvalue weighted by molar-refractivity contribution is -0.137. The third kappa shape index (κ3) is 6.61. The van der Waals surface area contributed by atoms with Gasteiger partial charge in [-0.05, 0) is 42.5 Å². The molecule has 2 amide bonds. The molecule has 1 N–H and O–H groups in total. The Morgan fingerprint density at radius 2 is 1.65 bits per heavy atom. The first-order chi connectivity index (χ1) is 14.7. The van der Waals surface area contributed by atoms with Crippen molar-refractivity contribution in [1.82, 2.24) is 4.90 Å². The molecule has 1 aliphatic heterocycles. The molecule has 1 aliphatic rings. The molecule has 5 nitrogen and oxygen atoms in total. The molecule has 0 spiro atoms. The van der Waals surface area contributed by atoms with E-state index in [4.69, 9.17) is 0 Å². The van der Waals surface area contributed by atoms with Gasteiger partial charge >= 0.3 is 6.18 Å². The Bertz CT molecular complexity index is 914. The van der Waals surface area contributed by atoms with Crippen LogP contribution in [-0.4, -0.2) is 54.4 Å². The molecule has 31 heavy (non-hydrogen) atoms. The van der Waals surface area contributed by atoms with E-state index >= 15 is 0 Å². The maximum absolute atomic E-state index is 12.9. The molecular formula is C21H21F4N3O2S. The van der Waals surface area contributed by atoms with Crippen molar-refractivity contribution in [2.45, 2.75) is 6.18 Å². The van der Waals surface area contributed by atoms with E-state index in [-0.39, 0.29) is 23.3 Å². The molecule has 1 saturated heterocycles. The highest BCUT2D eigenvalue weighted by Crippen LogP contribution is 2.31. The number of benzene rings is 2. The second-order valence-electron chi connectivity index (χ2n) is 6.96. The summed E-state index contributed by atoms with van der Waals surface area (Å²) in [6, 6.07) is 10.5. The van der Waals surface area contributed by atoms with Crippen molar-refractivity contribution in [2.24, 2.45) is 0 Å². The minimum atomic E-state index is -4.39. The van der Waals surface area contributed by atoms with Crippen LogP contribution in [0.4, 0.5) is 28.9 Å². The summed E-state index contributed by atoms with van der Waals surface area (Å²) >= 11 is 1.17. The Morgan fingerprint density at radius 1 is 0.968 bits per heavy atom. The Kier molecular flexibility index (Phi) is 7.42. The Labute approximate surface area is 181 Å². The molecule has 0 aliphatic carbocycles. The molecule has 166 valence electrons. The monoisotopic (exact) mass is 455 g/mol. The molecule has 0 unspecified atom stereocenters. The molecule has 2 aromatic carbocycles. The van der Waals surface area contributed by atoms with Crippen LogP contribution in [0.15, 0.2) is 48.5 Å². The van der Waals surface area contributed by atoms with Gasteiger partial charge in [0.15, 0.2) is 0 Å². The van der Waals surface area contributed by atoms with Crippen molar-refractivity contribution in [2.75, 3.05) is 47.9 Å². The van der Waals surface area contributed by atoms with Crippen LogP contribution in [0.3, 0.4) is 0 Å². The van der Waals surface area contributed by atoms with E-state index in [1.165, 1.54) is 42.1 Å². The first kappa shape index (κ1) is 22.9. The van der Waals surface area contributed by atoms with Crippen LogP contribution in [0.25, 0.3) is 0 Å². The zero-order valence-electron chi connectivity index (χ0n) is 16.5. The average Bonchev–Trinajstić information content (AvgIpc) is 2.75. The van der Waals surface area contributed by atoms with Gasteiger partial charge in [-0.3, -0.25) is 9.59 Å². The van der Waals surface area contributed by atoms with E-state index in [9.17, 15) is 27.2 Å². The minimum Gasteiger partial charge on any atom is -0.368 e. The molecule has 0 saturated carbocycles. The maximum atomic E-state index is 12.9. The van der Waals surface area contributed by atoms with Gasteiger partial charge in [0.05, 0.1) is 17.1 Å². The number of thioether (sulfide) groups is 1. The summed E-state index contributed by atoms with van der Waals surface area (Å²) in [5.74, 6) is -0.610. The molecule has 1 fully saturated rings. The summed E-state index contributed by atoms with van der Waals surface area (Å²) in [6.45, 7) is 1.67. The number of halogens is 4. The summed E-state index contributed by atoms with van der Waals surface area (Å²) < 4.78 is 51.6. The standard InChI is InChI=1S/C21H21F4N3O2S/c22-16-4-6-17(7-5-16)26-19(29)13-31-14-20(30)28-10-8-27(9-11-28)18-3-1-2-15(12-18)21(23,24)25/h1-7,12H,8-11,13-14H2,(H,26,29). The van der Waals surface area contributed by atoms with Crippen molar-refractivity contribution in [1.29, 1.82) is 0 Å². The fraction of sp³-hybridized carbons (Fsp3) is 0.333. The molecule has 1 heterocycles. The lowest BCUT2D eigenvalue weighted by Gasteiger charge is -2.36. The molecule has 0 bridgehead atoms. The number of carbonyl (C=O) groups excluding carboxylic acids is 2. The van der Waals surface area contributed by atoms with E-state index < -0.39 is 17.6 Å². The molecule has 10 heteroatoms. The van der Waals surface area contributed by atoms with E-state index in [1.807, 2.05) is 4.90 Å². The van der Waals surface area contributed by atoms with E-state index in [0.29, 0.717) is 37.6 Å². The van der Waals surface area contributed by atoms with Gasteiger partial charge in [0, 0.05) is 37.6 Å². The first-order valence-electron chi connectivity index (χ1n) is 9.55. The van der Waals surface area contributed by atoms with Crippen LogP contribution in [0.1, 0.15) is 5.56 Å². The average molecular weight is 455 g/mol. The Morgan fingerprint density at radius 3 is 2.29 bits per heavy atom. The predicted octanol–water partition coefficient (Wildman–Crippen LogP) is 3.87. The second-order valence-corrected chi connectivity index (χ2v) is 7.95. The number of rotatable bonds is 6. The van der Waals surface area contributed by atoms with E-state index in [0.717, 1.165) is 12.1 Å². The van der Waals surface area contributed by atoms with Crippen LogP contribution in [0, 0.1) is 5.82 Å². The molecule has 0 aromatic heterocycles. The SMILES string of the molecule is O=C(CSCC(=O)N1CCN(c2cccc(C(F)(F)F)c2)CC1)Nc1ccc(F)cc1. The number of amides is 2. The van der Waals surface area contributed by atoms with Gasteiger partial charge in [0.25, 0.3) is 0 Å². The van der Waals surface area contributed by atoms with Crippen LogP contribution in [-0.2, 0) is 15.8 Å². The number of hydrogen-bond acceptors (Lipinski definition) is 4. The van der Waals surface area contributed by atoms with E-state index in [1.54, 1.807) is 11.0 Å². The van der Waals surface area contributed by atoms with Gasteiger partial charge in [-0.25, -0.2) is 4.39 Å². The van der Waals surface area contributed by atoms with Gasteiger partial charge < -0.3 is 15.1 Å². The zero-order valence-corrected chi connectivity index (χ0v) is 17.3. The van der Waals surface area contributed by atoms with Gasteiger partial charge in [-0.2, -0.15) is 13.2 Å². The minimum absolute atomic E-state index is 0.0767.